The van der Waals surface area contributed by atoms with E-state index in [-0.39, 0.29) is 0 Å². The van der Waals surface area contributed by atoms with E-state index in [0.29, 0.717) is 12.3 Å². The van der Waals surface area contributed by atoms with Crippen LogP contribution in [0.25, 0.3) is 22.3 Å². The molecular formula is C27H33NO4. The molecule has 0 spiro atoms. The average molecular weight is 436 g/mol. The Hall–Kier alpha value is -3.47. The summed E-state index contributed by atoms with van der Waals surface area (Å²) in [5, 5.41) is 0. The number of methoxy groups -OCH3 is 2. The Morgan fingerprint density at radius 2 is 1.53 bits per heavy atom. The third kappa shape index (κ3) is 6.51. The van der Waals surface area contributed by atoms with Crippen molar-refractivity contribution in [2.75, 3.05) is 20.8 Å². The first-order valence-corrected chi connectivity index (χ1v) is 10.9. The van der Waals surface area contributed by atoms with Crippen LogP contribution in [0.1, 0.15) is 43.6 Å². The van der Waals surface area contributed by atoms with Crippen LogP contribution in [0.5, 0.6) is 11.5 Å². The van der Waals surface area contributed by atoms with E-state index in [1.807, 2.05) is 54.7 Å². The highest BCUT2D eigenvalue weighted by Crippen LogP contribution is 2.36. The Morgan fingerprint density at radius 3 is 2.03 bits per heavy atom. The van der Waals surface area contributed by atoms with Crippen molar-refractivity contribution in [2.24, 2.45) is 0 Å². The van der Waals surface area contributed by atoms with Crippen LogP contribution in [-0.2, 0) is 4.74 Å². The zero-order chi connectivity index (χ0) is 23.3. The van der Waals surface area contributed by atoms with Crippen LogP contribution in [0.2, 0.25) is 0 Å². The van der Waals surface area contributed by atoms with Crippen LogP contribution < -0.4 is 9.47 Å². The minimum atomic E-state index is -0.420. The molecular weight excluding hydrogens is 402 g/mol. The maximum Gasteiger partial charge on any atom is 0.355 e. The van der Waals surface area contributed by atoms with Crippen molar-refractivity contribution in [1.82, 2.24) is 4.98 Å². The van der Waals surface area contributed by atoms with E-state index < -0.39 is 5.97 Å². The monoisotopic (exact) mass is 435 g/mol. The fourth-order valence-corrected chi connectivity index (χ4v) is 3.21. The molecule has 0 radical (unpaired) electrons. The lowest BCUT2D eigenvalue weighted by Gasteiger charge is -2.09. The summed E-state index contributed by atoms with van der Waals surface area (Å²) in [5.41, 5.74) is 3.93. The highest BCUT2D eigenvalue weighted by Gasteiger charge is 2.20. The fourth-order valence-electron chi connectivity index (χ4n) is 3.21. The van der Waals surface area contributed by atoms with Gasteiger partial charge in [0.25, 0.3) is 0 Å². The van der Waals surface area contributed by atoms with Gasteiger partial charge in [0, 0.05) is 17.3 Å². The van der Waals surface area contributed by atoms with Gasteiger partial charge in [-0.05, 0) is 35.4 Å². The fraction of sp³-hybridized carbons (Fsp3) is 0.296. The van der Waals surface area contributed by atoms with Crippen LogP contribution in [-0.4, -0.2) is 31.8 Å². The summed E-state index contributed by atoms with van der Waals surface area (Å²) in [5.74, 6) is 1.09. The van der Waals surface area contributed by atoms with Crippen molar-refractivity contribution >= 4 is 5.97 Å². The van der Waals surface area contributed by atoms with Gasteiger partial charge >= 0.3 is 5.97 Å². The van der Waals surface area contributed by atoms with Crippen LogP contribution >= 0.6 is 0 Å². The predicted molar refractivity (Wildman–Crippen MR) is 130 cm³/mol. The number of aromatic amines is 1. The van der Waals surface area contributed by atoms with Crippen molar-refractivity contribution in [3.05, 3.63) is 73.1 Å². The van der Waals surface area contributed by atoms with Crippen LogP contribution in [0.4, 0.5) is 0 Å². The number of carbonyl (C=O) groups excluding carboxylic acids is 1. The molecule has 0 amide bonds. The van der Waals surface area contributed by atoms with Crippen LogP contribution in [0.15, 0.2) is 67.4 Å². The van der Waals surface area contributed by atoms with E-state index in [1.54, 1.807) is 13.2 Å². The van der Waals surface area contributed by atoms with Crippen molar-refractivity contribution in [3.63, 3.8) is 0 Å². The molecule has 0 atom stereocenters. The van der Waals surface area contributed by atoms with E-state index in [9.17, 15) is 4.79 Å². The van der Waals surface area contributed by atoms with Crippen molar-refractivity contribution in [3.8, 4) is 33.8 Å². The molecule has 170 valence electrons. The van der Waals surface area contributed by atoms with Gasteiger partial charge in [0.05, 0.1) is 14.2 Å². The van der Waals surface area contributed by atoms with Gasteiger partial charge in [-0.1, -0.05) is 70.0 Å². The molecule has 0 aliphatic heterocycles. The second kappa shape index (κ2) is 13.1. The lowest BCUT2D eigenvalue weighted by atomic mass is 9.96. The third-order valence-corrected chi connectivity index (χ3v) is 4.89. The molecule has 0 fully saturated rings. The molecule has 32 heavy (non-hydrogen) atoms. The van der Waals surface area contributed by atoms with Gasteiger partial charge in [-0.2, -0.15) is 0 Å². The second-order valence-electron chi connectivity index (χ2n) is 7.15. The molecule has 0 aliphatic rings. The first kappa shape index (κ1) is 24.8. The zero-order valence-electron chi connectivity index (χ0n) is 19.4. The number of carbonyl (C=O) groups is 1. The Bertz CT molecular complexity index is 970. The smallest absolute Gasteiger partial charge is 0.355 e. The van der Waals surface area contributed by atoms with E-state index in [4.69, 9.17) is 14.2 Å². The summed E-state index contributed by atoms with van der Waals surface area (Å²) < 4.78 is 15.7. The summed E-state index contributed by atoms with van der Waals surface area (Å²) in [6, 6.07) is 15.2. The van der Waals surface area contributed by atoms with Crippen molar-refractivity contribution in [1.29, 1.82) is 0 Å². The number of esters is 1. The molecule has 3 aromatic rings. The highest BCUT2D eigenvalue weighted by atomic mass is 16.5. The van der Waals surface area contributed by atoms with E-state index in [2.05, 4.69) is 25.4 Å². The number of benzene rings is 2. The molecule has 0 bridgehead atoms. The lowest BCUT2D eigenvalue weighted by Crippen LogP contribution is -2.03. The number of nitrogens with one attached hydrogen (secondary N) is 1. The topological polar surface area (TPSA) is 60.5 Å². The van der Waals surface area contributed by atoms with Crippen molar-refractivity contribution in [2.45, 2.75) is 33.1 Å². The second-order valence-corrected chi connectivity index (χ2v) is 7.15. The van der Waals surface area contributed by atoms with E-state index in [0.717, 1.165) is 33.8 Å². The summed E-state index contributed by atoms with van der Waals surface area (Å²) >= 11 is 0. The summed E-state index contributed by atoms with van der Waals surface area (Å²) in [4.78, 5) is 15.3. The van der Waals surface area contributed by atoms with Crippen molar-refractivity contribution < 1.29 is 19.0 Å². The molecule has 5 nitrogen and oxygen atoms in total. The van der Waals surface area contributed by atoms with Gasteiger partial charge in [0.15, 0.2) is 0 Å². The Balaban J connectivity index is 0.000000654. The summed E-state index contributed by atoms with van der Waals surface area (Å²) in [6.45, 7) is 8.50. The minimum absolute atomic E-state index is 0.406. The van der Waals surface area contributed by atoms with Crippen LogP contribution in [0.3, 0.4) is 0 Å². The quantitative estimate of drug-likeness (QED) is 0.293. The normalized spacial score (nSPS) is 10.0. The molecule has 2 aromatic carbocycles. The van der Waals surface area contributed by atoms with Crippen LogP contribution in [0, 0.1) is 0 Å². The van der Waals surface area contributed by atoms with Gasteiger partial charge in [0.1, 0.15) is 23.8 Å². The van der Waals surface area contributed by atoms with Gasteiger partial charge in [-0.15, -0.1) is 0 Å². The maximum absolute atomic E-state index is 12.3. The molecule has 1 aromatic heterocycles. The van der Waals surface area contributed by atoms with Gasteiger partial charge in [0.2, 0.25) is 0 Å². The standard InChI is InChI=1S/C22H21NO4.C5H12/c1-4-13-27-18-11-7-16(8-12-18)20-19(14-23-21(20)22(24)26-3)15-5-9-17(25-2)10-6-15;1-3-5-4-2/h4-12,14,23H,1,13H2,2-3H3;3-5H2,1-2H3. The third-order valence-electron chi connectivity index (χ3n) is 4.89. The molecule has 5 heteroatoms. The Kier molecular flexibility index (Phi) is 10.1. The Labute approximate surface area is 191 Å². The molecule has 3 rings (SSSR count). The number of rotatable bonds is 9. The predicted octanol–water partition coefficient (Wildman–Crippen LogP) is 6.91. The van der Waals surface area contributed by atoms with Gasteiger partial charge in [-0.25, -0.2) is 4.79 Å². The molecule has 0 saturated heterocycles. The SMILES string of the molecule is C=CCOc1ccc(-c2c(-c3ccc(OC)cc3)c[nH]c2C(=O)OC)cc1.CCCCC. The molecule has 1 heterocycles. The number of aromatic nitrogens is 1. The molecule has 0 aliphatic carbocycles. The first-order chi connectivity index (χ1) is 15.6. The molecule has 1 N–H and O–H groups in total. The largest absolute Gasteiger partial charge is 0.497 e. The molecule has 0 unspecified atom stereocenters. The van der Waals surface area contributed by atoms with E-state index in [1.165, 1.54) is 26.4 Å². The minimum Gasteiger partial charge on any atom is -0.497 e. The number of ether oxygens (including phenoxy) is 3. The first-order valence-electron chi connectivity index (χ1n) is 10.9. The summed E-state index contributed by atoms with van der Waals surface area (Å²) in [6.07, 6.45) is 7.58. The number of H-pyrrole nitrogens is 1. The number of hydrogen-bond donors (Lipinski definition) is 1. The van der Waals surface area contributed by atoms with Gasteiger partial charge < -0.3 is 19.2 Å². The number of hydrogen-bond acceptors (Lipinski definition) is 4. The number of unbranched alkanes of at least 4 members (excludes halogenated alkanes) is 2. The lowest BCUT2D eigenvalue weighted by molar-refractivity contribution is 0.0595. The highest BCUT2D eigenvalue weighted by molar-refractivity contribution is 6.01. The van der Waals surface area contributed by atoms with Gasteiger partial charge in [-0.3, -0.25) is 0 Å². The zero-order valence-corrected chi connectivity index (χ0v) is 19.4. The average Bonchev–Trinajstić information content (AvgIpc) is 3.28. The van der Waals surface area contributed by atoms with E-state index >= 15 is 0 Å². The maximum atomic E-state index is 12.3. The summed E-state index contributed by atoms with van der Waals surface area (Å²) in [7, 11) is 2.99. The Morgan fingerprint density at radius 1 is 0.938 bits per heavy atom. The molecule has 0 saturated carbocycles.